The van der Waals surface area contributed by atoms with Crippen LogP contribution in [-0.4, -0.2) is 24.0 Å². The Hall–Kier alpha value is -2.64. The molecule has 0 fully saturated rings. The highest BCUT2D eigenvalue weighted by atomic mass is 16.6. The maximum atomic E-state index is 12.1. The number of nitro benzene ring substituents is 1. The average molecular weight is 293 g/mol. The maximum absolute atomic E-state index is 12.1. The van der Waals surface area contributed by atoms with Crippen molar-refractivity contribution in [3.8, 4) is 0 Å². The molecule has 0 aromatic heterocycles. The minimum absolute atomic E-state index is 0.0292. The normalized spacial score (nSPS) is 12.9. The number of nitrogens with zero attached hydrogens (tertiary/aromatic N) is 4. The van der Waals surface area contributed by atoms with Crippen LogP contribution in [0.15, 0.2) is 29.4 Å². The van der Waals surface area contributed by atoms with Crippen molar-refractivity contribution in [1.82, 2.24) is 0 Å². The second-order valence-corrected chi connectivity index (χ2v) is 4.17. The first kappa shape index (κ1) is 16.4. The molecule has 0 aliphatic carbocycles. The first-order valence-electron chi connectivity index (χ1n) is 6.18. The highest BCUT2D eigenvalue weighted by Gasteiger charge is 2.41. The second-order valence-electron chi connectivity index (χ2n) is 4.17. The lowest BCUT2D eigenvalue weighted by Crippen LogP contribution is -2.47. The molecule has 0 saturated heterocycles. The van der Waals surface area contributed by atoms with E-state index in [0.717, 1.165) is 0 Å². The fraction of sp³-hybridized carbons (Fsp3) is 0.417. The number of hydrogen-bond acceptors (Lipinski definition) is 6. The highest BCUT2D eigenvalue weighted by Crippen LogP contribution is 2.31. The molecule has 9 nitrogen and oxygen atoms in total. The van der Waals surface area contributed by atoms with Gasteiger partial charge in [-0.15, -0.1) is 0 Å². The molecule has 1 rings (SSSR count). The second kappa shape index (κ2) is 7.22. The van der Waals surface area contributed by atoms with Crippen molar-refractivity contribution >= 4 is 11.7 Å². The molecule has 1 aromatic carbocycles. The predicted molar refractivity (Wildman–Crippen MR) is 74.2 cm³/mol. The Labute approximate surface area is 120 Å². The molecule has 0 saturated carbocycles. The van der Waals surface area contributed by atoms with E-state index in [1.807, 2.05) is 0 Å². The summed E-state index contributed by atoms with van der Waals surface area (Å²) in [4.78, 5) is 25.2. The van der Waals surface area contributed by atoms with E-state index in [2.05, 4.69) is 10.0 Å². The SMILES string of the molecule is CCOC(=O)C(N)(CCN=[N+]=[N-])c1ccccc1[N+](=O)[O-]. The first-order valence-corrected chi connectivity index (χ1v) is 6.18. The zero-order valence-corrected chi connectivity index (χ0v) is 11.4. The molecule has 0 spiro atoms. The monoisotopic (exact) mass is 293 g/mol. The van der Waals surface area contributed by atoms with Gasteiger partial charge in [-0.1, -0.05) is 17.2 Å². The molecule has 112 valence electrons. The van der Waals surface area contributed by atoms with Gasteiger partial charge in [0, 0.05) is 17.5 Å². The first-order chi connectivity index (χ1) is 9.97. The van der Waals surface area contributed by atoms with Gasteiger partial charge in [-0.2, -0.15) is 0 Å². The minimum Gasteiger partial charge on any atom is -0.464 e. The van der Waals surface area contributed by atoms with E-state index in [0.29, 0.717) is 0 Å². The van der Waals surface area contributed by atoms with Crippen LogP contribution in [-0.2, 0) is 15.1 Å². The summed E-state index contributed by atoms with van der Waals surface area (Å²) in [5.41, 5.74) is 12.4. The largest absolute Gasteiger partial charge is 0.464 e. The lowest BCUT2D eigenvalue weighted by Gasteiger charge is -2.26. The van der Waals surface area contributed by atoms with Gasteiger partial charge in [0.1, 0.15) is 5.54 Å². The number of carbonyl (C=O) groups is 1. The molecule has 0 aliphatic rings. The smallest absolute Gasteiger partial charge is 0.331 e. The molecule has 1 aromatic rings. The van der Waals surface area contributed by atoms with Gasteiger partial charge in [-0.3, -0.25) is 10.1 Å². The molecular weight excluding hydrogens is 278 g/mol. The number of nitrogens with two attached hydrogens (primary N) is 1. The Morgan fingerprint density at radius 3 is 2.81 bits per heavy atom. The van der Waals surface area contributed by atoms with Crippen LogP contribution in [0.3, 0.4) is 0 Å². The molecule has 0 aliphatic heterocycles. The van der Waals surface area contributed by atoms with Crippen LogP contribution in [0.1, 0.15) is 18.9 Å². The molecule has 0 heterocycles. The number of azide groups is 1. The van der Waals surface area contributed by atoms with Crippen LogP contribution in [0.25, 0.3) is 10.4 Å². The number of benzene rings is 1. The van der Waals surface area contributed by atoms with E-state index in [1.165, 1.54) is 24.3 Å². The van der Waals surface area contributed by atoms with Crippen molar-refractivity contribution in [2.24, 2.45) is 10.8 Å². The van der Waals surface area contributed by atoms with Crippen molar-refractivity contribution < 1.29 is 14.5 Å². The number of rotatable bonds is 7. The summed E-state index contributed by atoms with van der Waals surface area (Å²) in [7, 11) is 0. The topological polar surface area (TPSA) is 144 Å². The Balaban J connectivity index is 3.32. The van der Waals surface area contributed by atoms with E-state index in [4.69, 9.17) is 16.0 Å². The van der Waals surface area contributed by atoms with Crippen LogP contribution < -0.4 is 5.73 Å². The molecule has 9 heteroatoms. The zero-order valence-electron chi connectivity index (χ0n) is 11.4. The molecule has 0 amide bonds. The van der Waals surface area contributed by atoms with E-state index in [9.17, 15) is 14.9 Å². The van der Waals surface area contributed by atoms with Gasteiger partial charge in [-0.05, 0) is 24.9 Å². The Morgan fingerprint density at radius 2 is 2.24 bits per heavy atom. The quantitative estimate of drug-likeness (QED) is 0.204. The summed E-state index contributed by atoms with van der Waals surface area (Å²) in [6.07, 6.45) is -0.0965. The maximum Gasteiger partial charge on any atom is 0.331 e. The van der Waals surface area contributed by atoms with Crippen LogP contribution in [0.2, 0.25) is 0 Å². The summed E-state index contributed by atoms with van der Waals surface area (Å²) in [5, 5.41) is 14.4. The highest BCUT2D eigenvalue weighted by molar-refractivity contribution is 5.84. The Kier molecular flexibility index (Phi) is 5.65. The van der Waals surface area contributed by atoms with Crippen molar-refractivity contribution in [3.05, 3.63) is 50.4 Å². The molecule has 21 heavy (non-hydrogen) atoms. The predicted octanol–water partition coefficient (Wildman–Crippen LogP) is 2.01. The van der Waals surface area contributed by atoms with Gasteiger partial charge in [0.2, 0.25) is 0 Å². The Bertz CT molecular complexity index is 585. The van der Waals surface area contributed by atoms with E-state index in [-0.39, 0.29) is 30.8 Å². The molecule has 1 unspecified atom stereocenters. The number of para-hydroxylation sites is 1. The van der Waals surface area contributed by atoms with Crippen LogP contribution in [0.4, 0.5) is 5.69 Å². The van der Waals surface area contributed by atoms with Crippen molar-refractivity contribution in [1.29, 1.82) is 0 Å². The van der Waals surface area contributed by atoms with Gasteiger partial charge >= 0.3 is 5.97 Å². The number of nitro groups is 1. The molecule has 0 bridgehead atoms. The molecule has 1 atom stereocenters. The zero-order chi connectivity index (χ0) is 15.9. The van der Waals surface area contributed by atoms with Gasteiger partial charge in [-0.25, -0.2) is 4.79 Å². The van der Waals surface area contributed by atoms with Crippen LogP contribution in [0, 0.1) is 10.1 Å². The summed E-state index contributed by atoms with van der Waals surface area (Å²) in [6, 6.07) is 5.66. The fourth-order valence-electron chi connectivity index (χ4n) is 1.89. The fourth-order valence-corrected chi connectivity index (χ4v) is 1.89. The number of hydrogen-bond donors (Lipinski definition) is 1. The number of esters is 1. The van der Waals surface area contributed by atoms with Gasteiger partial charge in [0.25, 0.3) is 5.69 Å². The Morgan fingerprint density at radius 1 is 1.57 bits per heavy atom. The van der Waals surface area contributed by atoms with Crippen molar-refractivity contribution in [2.75, 3.05) is 13.2 Å². The summed E-state index contributed by atoms with van der Waals surface area (Å²) >= 11 is 0. The molecular formula is C12H15N5O4. The van der Waals surface area contributed by atoms with Crippen LogP contribution >= 0.6 is 0 Å². The van der Waals surface area contributed by atoms with E-state index >= 15 is 0 Å². The van der Waals surface area contributed by atoms with Crippen molar-refractivity contribution in [3.63, 3.8) is 0 Å². The standard InChI is InChI=1S/C12H15N5O4/c1-2-21-11(18)12(13,7-8-15-16-14)9-5-3-4-6-10(9)17(19)20/h3-6H,2,7-8,13H2,1H3. The third-order valence-electron chi connectivity index (χ3n) is 2.89. The lowest BCUT2D eigenvalue weighted by molar-refractivity contribution is -0.386. The minimum atomic E-state index is -1.74. The summed E-state index contributed by atoms with van der Waals surface area (Å²) in [5.74, 6) is -0.799. The third kappa shape index (κ3) is 3.68. The summed E-state index contributed by atoms with van der Waals surface area (Å²) < 4.78 is 4.91. The molecule has 2 N–H and O–H groups in total. The van der Waals surface area contributed by atoms with Gasteiger partial charge in [0.15, 0.2) is 0 Å². The molecule has 0 radical (unpaired) electrons. The summed E-state index contributed by atoms with van der Waals surface area (Å²) in [6.45, 7) is 1.60. The third-order valence-corrected chi connectivity index (χ3v) is 2.89. The van der Waals surface area contributed by atoms with E-state index < -0.39 is 16.4 Å². The van der Waals surface area contributed by atoms with Crippen LogP contribution in [0.5, 0.6) is 0 Å². The lowest BCUT2D eigenvalue weighted by atomic mass is 9.86. The van der Waals surface area contributed by atoms with Gasteiger partial charge < -0.3 is 10.5 Å². The number of ether oxygens (including phenoxy) is 1. The number of carbonyl (C=O) groups excluding carboxylic acids is 1. The van der Waals surface area contributed by atoms with Crippen molar-refractivity contribution in [2.45, 2.75) is 18.9 Å². The average Bonchev–Trinajstić information content (AvgIpc) is 2.47. The van der Waals surface area contributed by atoms with Gasteiger partial charge in [0.05, 0.1) is 17.1 Å². The van der Waals surface area contributed by atoms with E-state index in [1.54, 1.807) is 6.92 Å².